The lowest BCUT2D eigenvalue weighted by atomic mass is 9.78. The molecule has 1 atom stereocenters. The van der Waals surface area contributed by atoms with Crippen LogP contribution in [0.25, 0.3) is 11.1 Å². The molecule has 0 aliphatic heterocycles. The van der Waals surface area contributed by atoms with Crippen molar-refractivity contribution in [3.05, 3.63) is 41.5 Å². The molecule has 0 aromatic heterocycles. The number of ketones is 1. The molecule has 2 aromatic rings. The van der Waals surface area contributed by atoms with E-state index < -0.39 is 17.5 Å². The molecule has 0 radical (unpaired) electrons. The lowest BCUT2D eigenvalue weighted by molar-refractivity contribution is -0.154. The number of benzene rings is 2. The SMILES string of the molecule is COc1ccc(-c2cccc3c2CCC3=O)c(OC(C2CCCC2)C(C)(C)C(=O)O)c1OC. The van der Waals surface area contributed by atoms with Gasteiger partial charge in [-0.3, -0.25) is 9.59 Å². The fourth-order valence-corrected chi connectivity index (χ4v) is 5.31. The zero-order valence-corrected chi connectivity index (χ0v) is 19.8. The molecule has 2 aliphatic rings. The molecule has 0 heterocycles. The summed E-state index contributed by atoms with van der Waals surface area (Å²) in [6.07, 6.45) is 4.61. The highest BCUT2D eigenvalue weighted by Crippen LogP contribution is 2.49. The lowest BCUT2D eigenvalue weighted by Crippen LogP contribution is -2.45. The van der Waals surface area contributed by atoms with Gasteiger partial charge >= 0.3 is 5.97 Å². The van der Waals surface area contributed by atoms with Crippen molar-refractivity contribution >= 4 is 11.8 Å². The molecule has 1 fully saturated rings. The van der Waals surface area contributed by atoms with Crippen LogP contribution in [0.3, 0.4) is 0 Å². The summed E-state index contributed by atoms with van der Waals surface area (Å²) in [4.78, 5) is 24.6. The second-order valence-corrected chi connectivity index (χ2v) is 9.54. The van der Waals surface area contributed by atoms with E-state index in [0.717, 1.165) is 47.9 Å². The van der Waals surface area contributed by atoms with Crippen LogP contribution in [0.5, 0.6) is 17.2 Å². The Balaban J connectivity index is 1.90. The molecule has 1 saturated carbocycles. The second-order valence-electron chi connectivity index (χ2n) is 9.54. The van der Waals surface area contributed by atoms with E-state index in [9.17, 15) is 14.7 Å². The number of carbonyl (C=O) groups is 2. The van der Waals surface area contributed by atoms with E-state index >= 15 is 0 Å². The molecule has 2 aliphatic carbocycles. The summed E-state index contributed by atoms with van der Waals surface area (Å²) in [5.41, 5.74) is 2.33. The van der Waals surface area contributed by atoms with Crippen LogP contribution in [0.1, 0.15) is 61.9 Å². The van der Waals surface area contributed by atoms with E-state index in [-0.39, 0.29) is 11.7 Å². The van der Waals surface area contributed by atoms with E-state index in [0.29, 0.717) is 30.1 Å². The molecule has 6 heteroatoms. The molecule has 0 amide bonds. The van der Waals surface area contributed by atoms with E-state index in [1.807, 2.05) is 30.3 Å². The average Bonchev–Trinajstić information content (AvgIpc) is 3.46. The maximum absolute atomic E-state index is 12.4. The zero-order chi connectivity index (χ0) is 23.8. The van der Waals surface area contributed by atoms with Crippen molar-refractivity contribution in [3.63, 3.8) is 0 Å². The smallest absolute Gasteiger partial charge is 0.312 e. The van der Waals surface area contributed by atoms with Gasteiger partial charge in [0.2, 0.25) is 5.75 Å². The average molecular weight is 453 g/mol. The number of carbonyl (C=O) groups excluding carboxylic acids is 1. The Labute approximate surface area is 194 Å². The summed E-state index contributed by atoms with van der Waals surface area (Å²) >= 11 is 0. The summed E-state index contributed by atoms with van der Waals surface area (Å²) < 4.78 is 18.0. The maximum Gasteiger partial charge on any atom is 0.312 e. The Kier molecular flexibility index (Phi) is 6.37. The fourth-order valence-electron chi connectivity index (χ4n) is 5.31. The Morgan fingerprint density at radius 3 is 2.30 bits per heavy atom. The van der Waals surface area contributed by atoms with Crippen molar-refractivity contribution in [2.24, 2.45) is 11.3 Å². The Morgan fingerprint density at radius 2 is 1.67 bits per heavy atom. The Morgan fingerprint density at radius 1 is 0.970 bits per heavy atom. The summed E-state index contributed by atoms with van der Waals surface area (Å²) in [5, 5.41) is 10.0. The Bertz CT molecular complexity index is 1060. The number of methoxy groups -OCH3 is 2. The number of rotatable bonds is 8. The van der Waals surface area contributed by atoms with Crippen molar-refractivity contribution in [2.45, 2.75) is 58.5 Å². The molecule has 0 saturated heterocycles. The predicted octanol–water partition coefficient (Wildman–Crippen LogP) is 5.55. The molecule has 1 N–H and O–H groups in total. The van der Waals surface area contributed by atoms with Crippen molar-refractivity contribution in [2.75, 3.05) is 14.2 Å². The van der Waals surface area contributed by atoms with Gasteiger partial charge in [0.05, 0.1) is 19.6 Å². The number of ether oxygens (including phenoxy) is 3. The van der Waals surface area contributed by atoms with Crippen LogP contribution in [-0.4, -0.2) is 37.2 Å². The molecule has 33 heavy (non-hydrogen) atoms. The first-order valence-corrected chi connectivity index (χ1v) is 11.6. The third kappa shape index (κ3) is 4.07. The van der Waals surface area contributed by atoms with Crippen LogP contribution < -0.4 is 14.2 Å². The molecule has 4 rings (SSSR count). The first kappa shape index (κ1) is 23.1. The van der Waals surface area contributed by atoms with Crippen LogP contribution >= 0.6 is 0 Å². The van der Waals surface area contributed by atoms with Crippen LogP contribution in [0, 0.1) is 11.3 Å². The topological polar surface area (TPSA) is 82.1 Å². The van der Waals surface area contributed by atoms with Crippen molar-refractivity contribution < 1.29 is 28.9 Å². The zero-order valence-electron chi connectivity index (χ0n) is 19.8. The quantitative estimate of drug-likeness (QED) is 0.566. The van der Waals surface area contributed by atoms with Gasteiger partial charge in [-0.25, -0.2) is 0 Å². The minimum absolute atomic E-state index is 0.128. The van der Waals surface area contributed by atoms with Crippen molar-refractivity contribution in [3.8, 4) is 28.4 Å². The number of hydrogen-bond donors (Lipinski definition) is 1. The summed E-state index contributed by atoms with van der Waals surface area (Å²) in [6.45, 7) is 3.45. The predicted molar refractivity (Wildman–Crippen MR) is 125 cm³/mol. The van der Waals surface area contributed by atoms with Crippen LogP contribution in [0.4, 0.5) is 0 Å². The van der Waals surface area contributed by atoms with Crippen LogP contribution in [0.15, 0.2) is 30.3 Å². The number of hydrogen-bond acceptors (Lipinski definition) is 5. The highest BCUT2D eigenvalue weighted by molar-refractivity contribution is 6.02. The largest absolute Gasteiger partial charge is 0.493 e. The van der Waals surface area contributed by atoms with Gasteiger partial charge < -0.3 is 19.3 Å². The van der Waals surface area contributed by atoms with E-state index in [1.54, 1.807) is 28.1 Å². The molecule has 0 bridgehead atoms. The first-order chi connectivity index (χ1) is 15.8. The number of carboxylic acids is 1. The Hall–Kier alpha value is -3.02. The van der Waals surface area contributed by atoms with E-state index in [1.165, 1.54) is 0 Å². The van der Waals surface area contributed by atoms with Gasteiger partial charge in [0.1, 0.15) is 6.10 Å². The van der Waals surface area contributed by atoms with E-state index in [4.69, 9.17) is 14.2 Å². The van der Waals surface area contributed by atoms with Crippen molar-refractivity contribution in [1.29, 1.82) is 0 Å². The first-order valence-electron chi connectivity index (χ1n) is 11.6. The van der Waals surface area contributed by atoms with Gasteiger partial charge in [-0.2, -0.15) is 0 Å². The fraction of sp³-hybridized carbons (Fsp3) is 0.481. The summed E-state index contributed by atoms with van der Waals surface area (Å²) in [5.74, 6) is 0.790. The molecule has 176 valence electrons. The molecular formula is C27H32O6. The highest BCUT2D eigenvalue weighted by Gasteiger charge is 2.45. The van der Waals surface area contributed by atoms with Gasteiger partial charge in [0.25, 0.3) is 0 Å². The third-order valence-electron chi connectivity index (χ3n) is 7.20. The molecular weight excluding hydrogens is 420 g/mol. The second kappa shape index (κ2) is 9.08. The van der Waals surface area contributed by atoms with Crippen LogP contribution in [0.2, 0.25) is 0 Å². The monoisotopic (exact) mass is 452 g/mol. The number of Topliss-reactive ketones (excluding diaryl/α,β-unsaturated/α-hetero) is 1. The molecule has 6 nitrogen and oxygen atoms in total. The minimum atomic E-state index is -1.10. The normalized spacial score (nSPS) is 17.0. The third-order valence-corrected chi connectivity index (χ3v) is 7.20. The maximum atomic E-state index is 12.4. The molecule has 2 aromatic carbocycles. The van der Waals surface area contributed by atoms with Gasteiger partial charge in [-0.1, -0.05) is 31.0 Å². The minimum Gasteiger partial charge on any atom is -0.493 e. The highest BCUT2D eigenvalue weighted by atomic mass is 16.5. The summed E-state index contributed by atoms with van der Waals surface area (Å²) in [6, 6.07) is 9.47. The lowest BCUT2D eigenvalue weighted by Gasteiger charge is -2.36. The molecule has 0 spiro atoms. The summed E-state index contributed by atoms with van der Waals surface area (Å²) in [7, 11) is 3.12. The van der Waals surface area contributed by atoms with Gasteiger partial charge in [0.15, 0.2) is 17.3 Å². The standard InChI is InChI=1S/C27H32O6/c1-27(2,26(29)30)25(16-8-5-6-9-16)33-23-20(13-15-22(31-3)24(23)32-4)17-10-7-11-19-18(17)12-14-21(19)28/h7,10-11,13,15-16,25H,5-6,8-9,12,14H2,1-4H3,(H,29,30). The number of aliphatic carboxylic acids is 1. The van der Waals surface area contributed by atoms with Crippen LogP contribution in [-0.2, 0) is 11.2 Å². The van der Waals surface area contributed by atoms with E-state index in [2.05, 4.69) is 0 Å². The van der Waals surface area contributed by atoms with Crippen molar-refractivity contribution in [1.82, 2.24) is 0 Å². The molecule has 1 unspecified atom stereocenters. The van der Waals surface area contributed by atoms with Gasteiger partial charge in [-0.05, 0) is 62.3 Å². The van der Waals surface area contributed by atoms with Gasteiger partial charge in [-0.15, -0.1) is 0 Å². The number of fused-ring (bicyclic) bond motifs is 1. The number of carboxylic acid groups (broad SMARTS) is 1. The van der Waals surface area contributed by atoms with Gasteiger partial charge in [0, 0.05) is 17.5 Å².